The summed E-state index contributed by atoms with van der Waals surface area (Å²) in [5.74, 6) is -2.46. The maximum atomic E-state index is 11.6. The van der Waals surface area contributed by atoms with Crippen LogP contribution in [0.1, 0.15) is 46.0 Å². The van der Waals surface area contributed by atoms with Crippen LogP contribution in [-0.4, -0.2) is 22.2 Å². The van der Waals surface area contributed by atoms with Crippen molar-refractivity contribution in [2.45, 2.75) is 46.0 Å². The van der Waals surface area contributed by atoms with E-state index in [1.165, 1.54) is 0 Å². The number of aliphatic carboxylic acids is 2. The number of hydrogen-bond acceptors (Lipinski definition) is 2. The maximum Gasteiger partial charge on any atom is 0.307 e. The first kappa shape index (κ1) is 14.4. The molecule has 4 nitrogen and oxygen atoms in total. The Bertz CT molecular complexity index is 365. The second-order valence-corrected chi connectivity index (χ2v) is 6.27. The third-order valence-corrected chi connectivity index (χ3v) is 5.56. The van der Waals surface area contributed by atoms with E-state index in [0.717, 1.165) is 32.1 Å². The van der Waals surface area contributed by atoms with Gasteiger partial charge in [-0.1, -0.05) is 33.1 Å². The number of carboxylic acids is 2. The van der Waals surface area contributed by atoms with Crippen molar-refractivity contribution in [1.29, 1.82) is 0 Å². The third-order valence-electron chi connectivity index (χ3n) is 5.56. The summed E-state index contributed by atoms with van der Waals surface area (Å²) in [7, 11) is 0. The molecule has 19 heavy (non-hydrogen) atoms. The molecule has 0 bridgehead atoms. The molecule has 0 aromatic carbocycles. The average molecular weight is 268 g/mol. The van der Waals surface area contributed by atoms with Crippen LogP contribution < -0.4 is 0 Å². The highest BCUT2D eigenvalue weighted by Gasteiger charge is 2.53. The van der Waals surface area contributed by atoms with Crippen molar-refractivity contribution in [2.24, 2.45) is 35.5 Å². The van der Waals surface area contributed by atoms with E-state index in [2.05, 4.69) is 6.92 Å². The maximum absolute atomic E-state index is 11.6. The molecule has 2 rings (SSSR count). The Kier molecular flexibility index (Phi) is 4.16. The number of hydrogen-bond donors (Lipinski definition) is 2. The van der Waals surface area contributed by atoms with Crippen LogP contribution in [0.15, 0.2) is 0 Å². The molecule has 0 heterocycles. The van der Waals surface area contributed by atoms with E-state index in [9.17, 15) is 19.8 Å². The van der Waals surface area contributed by atoms with Crippen molar-refractivity contribution in [2.75, 3.05) is 0 Å². The van der Waals surface area contributed by atoms with E-state index < -0.39 is 23.8 Å². The highest BCUT2D eigenvalue weighted by atomic mass is 16.4. The van der Waals surface area contributed by atoms with Crippen LogP contribution in [0.3, 0.4) is 0 Å². The van der Waals surface area contributed by atoms with Crippen LogP contribution in [-0.2, 0) is 9.59 Å². The summed E-state index contributed by atoms with van der Waals surface area (Å²) >= 11 is 0. The largest absolute Gasteiger partial charge is 0.481 e. The Balaban J connectivity index is 2.38. The smallest absolute Gasteiger partial charge is 0.307 e. The lowest BCUT2D eigenvalue weighted by atomic mass is 9.53. The van der Waals surface area contributed by atoms with Gasteiger partial charge in [-0.25, -0.2) is 0 Å². The van der Waals surface area contributed by atoms with Gasteiger partial charge in [0.15, 0.2) is 0 Å². The van der Waals surface area contributed by atoms with E-state index in [1.807, 2.05) is 6.92 Å². The molecule has 2 N–H and O–H groups in total. The van der Waals surface area contributed by atoms with Crippen LogP contribution >= 0.6 is 0 Å². The molecule has 0 saturated heterocycles. The Labute approximate surface area is 114 Å². The number of carbonyl (C=O) groups is 2. The normalized spacial score (nSPS) is 42.4. The molecule has 108 valence electrons. The van der Waals surface area contributed by atoms with Gasteiger partial charge in [-0.2, -0.15) is 0 Å². The zero-order valence-electron chi connectivity index (χ0n) is 11.7. The Hall–Kier alpha value is -1.06. The van der Waals surface area contributed by atoms with Gasteiger partial charge < -0.3 is 10.2 Å². The summed E-state index contributed by atoms with van der Waals surface area (Å²) < 4.78 is 0. The molecule has 0 spiro atoms. The van der Waals surface area contributed by atoms with Crippen molar-refractivity contribution >= 4 is 11.9 Å². The molecule has 2 aliphatic carbocycles. The summed E-state index contributed by atoms with van der Waals surface area (Å²) in [5, 5.41) is 19.0. The van der Waals surface area contributed by atoms with E-state index in [0.29, 0.717) is 11.8 Å². The molecule has 0 aromatic rings. The van der Waals surface area contributed by atoms with Crippen molar-refractivity contribution in [3.63, 3.8) is 0 Å². The minimum absolute atomic E-state index is 0.0389. The Morgan fingerprint density at radius 2 is 1.53 bits per heavy atom. The second-order valence-electron chi connectivity index (χ2n) is 6.27. The summed E-state index contributed by atoms with van der Waals surface area (Å²) in [4.78, 5) is 23.2. The molecule has 2 saturated carbocycles. The minimum Gasteiger partial charge on any atom is -0.481 e. The molecular formula is C15H24O4. The van der Waals surface area contributed by atoms with Gasteiger partial charge in [-0.05, 0) is 36.5 Å². The first-order chi connectivity index (χ1) is 8.99. The molecule has 0 aromatic heterocycles. The number of rotatable bonds is 3. The summed E-state index contributed by atoms with van der Waals surface area (Å²) in [6, 6.07) is 0. The van der Waals surface area contributed by atoms with Crippen LogP contribution in [0.25, 0.3) is 0 Å². The van der Waals surface area contributed by atoms with Crippen LogP contribution in [0, 0.1) is 35.5 Å². The molecule has 6 atom stereocenters. The molecule has 0 aliphatic heterocycles. The van der Waals surface area contributed by atoms with Crippen LogP contribution in [0.5, 0.6) is 0 Å². The number of fused-ring (bicyclic) bond motifs is 1. The van der Waals surface area contributed by atoms with Gasteiger partial charge in [0.1, 0.15) is 0 Å². The van der Waals surface area contributed by atoms with Gasteiger partial charge in [-0.15, -0.1) is 0 Å². The molecule has 2 aliphatic rings. The average Bonchev–Trinajstić information content (AvgIpc) is 2.36. The fourth-order valence-corrected chi connectivity index (χ4v) is 4.81. The van der Waals surface area contributed by atoms with Crippen molar-refractivity contribution in [3.8, 4) is 0 Å². The second kappa shape index (κ2) is 5.51. The molecule has 0 amide bonds. The summed E-state index contributed by atoms with van der Waals surface area (Å²) in [6.45, 7) is 4.04. The summed E-state index contributed by atoms with van der Waals surface area (Å²) in [6.07, 6.45) is 5.12. The van der Waals surface area contributed by atoms with Crippen molar-refractivity contribution in [1.82, 2.24) is 0 Å². The minimum atomic E-state index is -0.928. The predicted molar refractivity (Wildman–Crippen MR) is 70.6 cm³/mol. The third kappa shape index (κ3) is 2.37. The summed E-state index contributed by atoms with van der Waals surface area (Å²) in [5.41, 5.74) is 0. The van der Waals surface area contributed by atoms with E-state index in [-0.39, 0.29) is 11.8 Å². The van der Waals surface area contributed by atoms with Gasteiger partial charge >= 0.3 is 11.9 Å². The fourth-order valence-electron chi connectivity index (χ4n) is 4.81. The Morgan fingerprint density at radius 3 is 2.00 bits per heavy atom. The molecule has 4 heteroatoms. The lowest BCUT2D eigenvalue weighted by molar-refractivity contribution is -0.169. The van der Waals surface area contributed by atoms with Gasteiger partial charge in [-0.3, -0.25) is 9.59 Å². The molecule has 0 radical (unpaired) electrons. The lowest BCUT2D eigenvalue weighted by Crippen LogP contribution is -2.51. The van der Waals surface area contributed by atoms with E-state index in [4.69, 9.17) is 0 Å². The van der Waals surface area contributed by atoms with Crippen LogP contribution in [0.4, 0.5) is 0 Å². The predicted octanol–water partition coefficient (Wildman–Crippen LogP) is 2.87. The van der Waals surface area contributed by atoms with Crippen LogP contribution in [0.2, 0.25) is 0 Å². The number of carboxylic acid groups (broad SMARTS) is 2. The first-order valence-electron chi connectivity index (χ1n) is 7.44. The monoisotopic (exact) mass is 268 g/mol. The zero-order chi connectivity index (χ0) is 14.2. The van der Waals surface area contributed by atoms with Crippen molar-refractivity contribution < 1.29 is 19.8 Å². The molecular weight excluding hydrogens is 244 g/mol. The first-order valence-corrected chi connectivity index (χ1v) is 7.44. The van der Waals surface area contributed by atoms with Gasteiger partial charge in [0.25, 0.3) is 0 Å². The quantitative estimate of drug-likeness (QED) is 0.825. The van der Waals surface area contributed by atoms with Gasteiger partial charge in [0.05, 0.1) is 11.8 Å². The van der Waals surface area contributed by atoms with Gasteiger partial charge in [0.2, 0.25) is 0 Å². The highest BCUT2D eigenvalue weighted by Crippen LogP contribution is 2.52. The zero-order valence-corrected chi connectivity index (χ0v) is 11.7. The lowest BCUT2D eigenvalue weighted by Gasteiger charge is -2.50. The standard InChI is InChI=1S/C15H24O4/c1-3-9-8(2)12(14(16)17)13(15(18)19)11-7-5-4-6-10(9)11/h8-13H,3-7H2,1-2H3,(H,16,17)(H,18,19). The van der Waals surface area contributed by atoms with Crippen molar-refractivity contribution in [3.05, 3.63) is 0 Å². The van der Waals surface area contributed by atoms with Gasteiger partial charge in [0, 0.05) is 0 Å². The SMILES string of the molecule is CCC1C(C)C(C(=O)O)C(C(=O)O)C2CCCCC12. The topological polar surface area (TPSA) is 74.6 Å². The molecule has 2 fully saturated rings. The fraction of sp³-hybridized carbons (Fsp3) is 0.867. The Morgan fingerprint density at radius 1 is 1.00 bits per heavy atom. The van der Waals surface area contributed by atoms with E-state index >= 15 is 0 Å². The highest BCUT2D eigenvalue weighted by molar-refractivity contribution is 5.81. The molecule has 6 unspecified atom stereocenters. The van der Waals surface area contributed by atoms with E-state index in [1.54, 1.807) is 0 Å².